The molecule has 7 heteroatoms. The molecule has 2 aromatic rings. The Morgan fingerprint density at radius 1 is 1.25 bits per heavy atom. The lowest BCUT2D eigenvalue weighted by atomic mass is 10.4. The van der Waals surface area contributed by atoms with Gasteiger partial charge in [-0.1, -0.05) is 0 Å². The second-order valence-corrected chi connectivity index (χ2v) is 6.74. The molecular weight excluding hydrogens is 294 g/mol. The fourth-order valence-corrected chi connectivity index (χ4v) is 3.37. The Hall–Kier alpha value is -1.14. The third-order valence-corrected chi connectivity index (χ3v) is 4.88. The van der Waals surface area contributed by atoms with Gasteiger partial charge in [0.25, 0.3) is 0 Å². The zero-order valence-corrected chi connectivity index (χ0v) is 12.7. The average Bonchev–Trinajstić information content (AvgIpc) is 3.33. The van der Waals surface area contributed by atoms with Gasteiger partial charge < -0.3 is 4.57 Å². The van der Waals surface area contributed by atoms with E-state index in [2.05, 4.69) is 24.7 Å². The van der Waals surface area contributed by atoms with E-state index in [1.54, 1.807) is 18.0 Å². The number of nitrogens with zero attached hydrogens (tertiary/aromatic N) is 5. The summed E-state index contributed by atoms with van der Waals surface area (Å²) in [5.74, 6) is 1.78. The van der Waals surface area contributed by atoms with Gasteiger partial charge in [0, 0.05) is 23.7 Å². The molecule has 2 aliphatic carbocycles. The summed E-state index contributed by atoms with van der Waals surface area (Å²) in [6.07, 6.45) is 6.70. The smallest absolute Gasteiger partial charge is 0.223 e. The fraction of sp³-hybridized carbons (Fsp3) is 0.538. The van der Waals surface area contributed by atoms with Crippen molar-refractivity contribution >= 4 is 23.4 Å². The monoisotopic (exact) mass is 307 g/mol. The van der Waals surface area contributed by atoms with Crippen LogP contribution >= 0.6 is 23.4 Å². The van der Waals surface area contributed by atoms with Crippen LogP contribution in [0.15, 0.2) is 16.4 Å². The van der Waals surface area contributed by atoms with Crippen LogP contribution in [0.2, 0.25) is 5.28 Å². The summed E-state index contributed by atoms with van der Waals surface area (Å²) >= 11 is 7.43. The molecule has 104 valence electrons. The van der Waals surface area contributed by atoms with Crippen molar-refractivity contribution in [1.82, 2.24) is 24.7 Å². The van der Waals surface area contributed by atoms with Crippen molar-refractivity contribution < 1.29 is 0 Å². The molecule has 0 aromatic carbocycles. The number of hydrogen-bond acceptors (Lipinski definition) is 5. The molecule has 0 atom stereocenters. The Morgan fingerprint density at radius 2 is 2.05 bits per heavy atom. The maximum Gasteiger partial charge on any atom is 0.223 e. The molecule has 2 heterocycles. The lowest BCUT2D eigenvalue weighted by Crippen LogP contribution is -2.02. The van der Waals surface area contributed by atoms with Crippen LogP contribution in [0.25, 0.3) is 0 Å². The molecule has 2 aromatic heterocycles. The molecule has 0 spiro atoms. The topological polar surface area (TPSA) is 56.5 Å². The Morgan fingerprint density at radius 3 is 2.75 bits per heavy atom. The Kier molecular flexibility index (Phi) is 2.96. The zero-order chi connectivity index (χ0) is 13.7. The summed E-state index contributed by atoms with van der Waals surface area (Å²) in [6.45, 7) is 1.98. The van der Waals surface area contributed by atoms with Gasteiger partial charge in [-0.15, -0.1) is 10.2 Å². The minimum absolute atomic E-state index is 0.276. The van der Waals surface area contributed by atoms with Gasteiger partial charge >= 0.3 is 0 Å². The minimum Gasteiger partial charge on any atom is -0.302 e. The van der Waals surface area contributed by atoms with E-state index in [9.17, 15) is 0 Å². The molecule has 0 unspecified atom stereocenters. The summed E-state index contributed by atoms with van der Waals surface area (Å²) in [7, 11) is 0. The van der Waals surface area contributed by atoms with E-state index in [-0.39, 0.29) is 5.28 Å². The molecule has 2 aliphatic rings. The number of halogens is 1. The van der Waals surface area contributed by atoms with E-state index in [4.69, 9.17) is 11.6 Å². The number of hydrogen-bond donors (Lipinski definition) is 0. The van der Waals surface area contributed by atoms with Crippen molar-refractivity contribution in [2.24, 2.45) is 0 Å². The molecular formula is C13H14ClN5S. The van der Waals surface area contributed by atoms with E-state index < -0.39 is 0 Å². The highest BCUT2D eigenvalue weighted by Gasteiger charge is 2.36. The van der Waals surface area contributed by atoms with Crippen molar-refractivity contribution in [2.45, 2.75) is 54.7 Å². The van der Waals surface area contributed by atoms with Crippen LogP contribution in [-0.2, 0) is 0 Å². The van der Waals surface area contributed by atoms with Crippen molar-refractivity contribution in [3.8, 4) is 0 Å². The molecule has 0 amide bonds. The van der Waals surface area contributed by atoms with E-state index in [1.807, 2.05) is 6.92 Å². The Labute approximate surface area is 126 Å². The Balaban J connectivity index is 1.70. The first-order valence-corrected chi connectivity index (χ1v) is 8.03. The first kappa shape index (κ1) is 12.6. The lowest BCUT2D eigenvalue weighted by molar-refractivity contribution is 0.626. The third kappa shape index (κ3) is 2.31. The van der Waals surface area contributed by atoms with Gasteiger partial charge in [-0.05, 0) is 56.0 Å². The van der Waals surface area contributed by atoms with Crippen LogP contribution in [0.4, 0.5) is 0 Å². The first-order valence-electron chi connectivity index (χ1n) is 6.84. The molecule has 0 radical (unpaired) electrons. The van der Waals surface area contributed by atoms with Crippen LogP contribution in [0, 0.1) is 6.92 Å². The fourth-order valence-electron chi connectivity index (χ4n) is 2.25. The third-order valence-electron chi connectivity index (χ3n) is 3.63. The van der Waals surface area contributed by atoms with Crippen molar-refractivity contribution in [3.63, 3.8) is 0 Å². The van der Waals surface area contributed by atoms with Gasteiger partial charge in [0.05, 0.1) is 0 Å². The molecule has 0 N–H and O–H groups in total. The molecule has 0 saturated heterocycles. The second-order valence-electron chi connectivity index (χ2n) is 5.45. The number of rotatable bonds is 4. The maximum atomic E-state index is 5.88. The first-order chi connectivity index (χ1) is 9.72. The largest absolute Gasteiger partial charge is 0.302 e. The highest BCUT2D eigenvalue weighted by Crippen LogP contribution is 2.46. The van der Waals surface area contributed by atoms with E-state index in [0.29, 0.717) is 12.0 Å². The quantitative estimate of drug-likeness (QED) is 0.640. The van der Waals surface area contributed by atoms with Crippen molar-refractivity contribution in [1.29, 1.82) is 0 Å². The van der Waals surface area contributed by atoms with Gasteiger partial charge in [0.15, 0.2) is 5.16 Å². The van der Waals surface area contributed by atoms with Gasteiger partial charge in [-0.25, -0.2) is 9.97 Å². The summed E-state index contributed by atoms with van der Waals surface area (Å²) < 4.78 is 2.32. The lowest BCUT2D eigenvalue weighted by Gasteiger charge is -2.08. The van der Waals surface area contributed by atoms with Gasteiger partial charge in [-0.3, -0.25) is 0 Å². The minimum atomic E-state index is 0.276. The highest BCUT2D eigenvalue weighted by molar-refractivity contribution is 7.99. The molecule has 2 saturated carbocycles. The summed E-state index contributed by atoms with van der Waals surface area (Å²) in [4.78, 5) is 8.29. The maximum absolute atomic E-state index is 5.88. The van der Waals surface area contributed by atoms with Crippen LogP contribution < -0.4 is 0 Å². The van der Waals surface area contributed by atoms with E-state index in [1.165, 1.54) is 25.7 Å². The van der Waals surface area contributed by atoms with E-state index >= 15 is 0 Å². The standard InChI is InChI=1S/C13H14ClN5S/c1-7-6-15-12(14)16-11(7)20-13-18-17-10(8-2-3-8)19(13)9-4-5-9/h6,8-9H,2-5H2,1H3. The van der Waals surface area contributed by atoms with E-state index in [0.717, 1.165) is 21.6 Å². The van der Waals surface area contributed by atoms with Gasteiger partial charge in [0.1, 0.15) is 10.9 Å². The molecule has 4 rings (SSSR count). The molecule has 0 bridgehead atoms. The predicted octanol–water partition coefficient (Wildman–Crippen LogP) is 3.39. The zero-order valence-electron chi connectivity index (χ0n) is 11.1. The van der Waals surface area contributed by atoms with Crippen LogP contribution in [0.5, 0.6) is 0 Å². The van der Waals surface area contributed by atoms with Crippen molar-refractivity contribution in [2.75, 3.05) is 0 Å². The molecule has 0 aliphatic heterocycles. The number of aromatic nitrogens is 5. The molecule has 20 heavy (non-hydrogen) atoms. The SMILES string of the molecule is Cc1cnc(Cl)nc1Sc1nnc(C2CC2)n1C1CC1. The Bertz CT molecular complexity index is 663. The summed E-state index contributed by atoms with van der Waals surface area (Å²) in [5.41, 5.74) is 1.01. The summed E-state index contributed by atoms with van der Waals surface area (Å²) in [6, 6.07) is 0.584. The van der Waals surface area contributed by atoms with Crippen LogP contribution in [0.1, 0.15) is 49.0 Å². The summed E-state index contributed by atoms with van der Waals surface area (Å²) in [5, 5.41) is 10.9. The molecule has 5 nitrogen and oxygen atoms in total. The highest BCUT2D eigenvalue weighted by atomic mass is 35.5. The van der Waals surface area contributed by atoms with Crippen molar-refractivity contribution in [3.05, 3.63) is 22.9 Å². The second kappa shape index (κ2) is 4.70. The van der Waals surface area contributed by atoms with Crippen LogP contribution in [0.3, 0.4) is 0 Å². The van der Waals surface area contributed by atoms with Gasteiger partial charge in [-0.2, -0.15) is 0 Å². The number of aryl methyl sites for hydroxylation is 1. The predicted molar refractivity (Wildman–Crippen MR) is 76.2 cm³/mol. The molecule has 2 fully saturated rings. The average molecular weight is 308 g/mol. The van der Waals surface area contributed by atoms with Crippen LogP contribution in [-0.4, -0.2) is 24.7 Å². The van der Waals surface area contributed by atoms with Gasteiger partial charge in [0.2, 0.25) is 5.28 Å². The normalized spacial score (nSPS) is 18.5.